The van der Waals surface area contributed by atoms with Gasteiger partial charge >= 0.3 is 5.37 Å². The molecule has 16 heavy (non-hydrogen) atoms. The number of hydrogen-bond donors (Lipinski definition) is 1. The first-order valence-corrected chi connectivity index (χ1v) is 5.27. The monoisotopic (exact) mass is 238 g/mol. The number of nitrogens with one attached hydrogen (secondary N) is 1. The first-order chi connectivity index (χ1) is 7.58. The zero-order chi connectivity index (χ0) is 11.7. The van der Waals surface area contributed by atoms with Crippen LogP contribution in [0.3, 0.4) is 0 Å². The second-order valence-electron chi connectivity index (χ2n) is 3.72. The molecule has 0 saturated carbocycles. The highest BCUT2D eigenvalue weighted by Gasteiger charge is 2.23. The van der Waals surface area contributed by atoms with Crippen molar-refractivity contribution in [2.75, 3.05) is 11.9 Å². The summed E-state index contributed by atoms with van der Waals surface area (Å²) in [7, 11) is 1.76. The Morgan fingerprint density at radius 2 is 2.31 bits per heavy atom. The number of amides is 2. The summed E-state index contributed by atoms with van der Waals surface area (Å²) in [6, 6.07) is 5.68. The summed E-state index contributed by atoms with van der Waals surface area (Å²) in [5, 5.41) is 1.93. The fourth-order valence-electron chi connectivity index (χ4n) is 1.81. The van der Waals surface area contributed by atoms with E-state index >= 15 is 0 Å². The van der Waals surface area contributed by atoms with Gasteiger partial charge in [-0.15, -0.1) is 0 Å². The molecule has 0 saturated heterocycles. The van der Waals surface area contributed by atoms with Gasteiger partial charge in [0.25, 0.3) is 0 Å². The maximum Gasteiger partial charge on any atom is 0.314 e. The summed E-state index contributed by atoms with van der Waals surface area (Å²) >= 11 is 5.18. The van der Waals surface area contributed by atoms with Crippen LogP contribution in [-0.2, 0) is 17.8 Å². The molecule has 0 spiro atoms. The number of carbonyl (C=O) groups is 2. The molecule has 1 aromatic rings. The molecule has 1 aromatic carbocycles. The maximum atomic E-state index is 11.4. The van der Waals surface area contributed by atoms with Gasteiger partial charge in [-0.1, -0.05) is 12.1 Å². The van der Waals surface area contributed by atoms with Crippen molar-refractivity contribution in [3.05, 3.63) is 29.3 Å². The lowest BCUT2D eigenvalue weighted by atomic mass is 10.1. The lowest BCUT2D eigenvalue weighted by Gasteiger charge is -2.10. The van der Waals surface area contributed by atoms with Crippen molar-refractivity contribution < 1.29 is 9.59 Å². The van der Waals surface area contributed by atoms with Gasteiger partial charge in [0.1, 0.15) is 0 Å². The molecule has 0 atom stereocenters. The van der Waals surface area contributed by atoms with Crippen molar-refractivity contribution in [3.8, 4) is 0 Å². The molecule has 4 nitrogen and oxygen atoms in total. The van der Waals surface area contributed by atoms with Crippen LogP contribution in [0.5, 0.6) is 0 Å². The van der Waals surface area contributed by atoms with Crippen LogP contribution in [0.1, 0.15) is 11.1 Å². The van der Waals surface area contributed by atoms with E-state index in [1.165, 1.54) is 0 Å². The smallest absolute Gasteiger partial charge is 0.314 e. The third-order valence-corrected chi connectivity index (χ3v) is 2.79. The van der Waals surface area contributed by atoms with Gasteiger partial charge < -0.3 is 10.2 Å². The Labute approximate surface area is 98.2 Å². The summed E-state index contributed by atoms with van der Waals surface area (Å²) in [4.78, 5) is 23.6. The summed E-state index contributed by atoms with van der Waals surface area (Å²) < 4.78 is 0. The van der Waals surface area contributed by atoms with Crippen LogP contribution in [0.25, 0.3) is 0 Å². The first kappa shape index (κ1) is 11.0. The van der Waals surface area contributed by atoms with Gasteiger partial charge in [0.05, 0.1) is 6.42 Å². The molecule has 0 aromatic heterocycles. The molecule has 1 aliphatic heterocycles. The molecular weight excluding hydrogens is 228 g/mol. The van der Waals surface area contributed by atoms with E-state index in [0.717, 1.165) is 16.8 Å². The molecule has 0 unspecified atom stereocenters. The van der Waals surface area contributed by atoms with Crippen LogP contribution in [0.2, 0.25) is 0 Å². The van der Waals surface area contributed by atoms with Crippen LogP contribution in [0, 0.1) is 0 Å². The number of fused-ring (bicyclic) bond motifs is 1. The lowest BCUT2D eigenvalue weighted by Crippen LogP contribution is -2.20. The fraction of sp³-hybridized carbons (Fsp3) is 0.273. The number of anilines is 1. The summed E-state index contributed by atoms with van der Waals surface area (Å²) in [6.07, 6.45) is 0.425. The van der Waals surface area contributed by atoms with Gasteiger partial charge in [-0.05, 0) is 28.8 Å². The molecule has 0 radical (unpaired) electrons. The van der Waals surface area contributed by atoms with Gasteiger partial charge in [0, 0.05) is 19.3 Å². The highest BCUT2D eigenvalue weighted by Crippen LogP contribution is 2.28. The van der Waals surface area contributed by atoms with Crippen molar-refractivity contribution in [1.29, 1.82) is 0 Å². The van der Waals surface area contributed by atoms with Crippen molar-refractivity contribution in [1.82, 2.24) is 5.32 Å². The average molecular weight is 239 g/mol. The van der Waals surface area contributed by atoms with Gasteiger partial charge in [0.2, 0.25) is 5.91 Å². The minimum Gasteiger partial charge on any atom is -0.339 e. The summed E-state index contributed by atoms with van der Waals surface area (Å²) in [5.74, 6) is 0.0912. The average Bonchev–Trinajstić information content (AvgIpc) is 2.52. The maximum absolute atomic E-state index is 11.4. The number of carbonyl (C=O) groups excluding carboxylic acids is 2. The largest absolute Gasteiger partial charge is 0.339 e. The van der Waals surface area contributed by atoms with Gasteiger partial charge in [-0.25, -0.2) is 0 Å². The van der Waals surface area contributed by atoms with Crippen molar-refractivity contribution in [2.24, 2.45) is 0 Å². The van der Waals surface area contributed by atoms with Crippen LogP contribution in [-0.4, -0.2) is 18.3 Å². The molecule has 2 rings (SSSR count). The normalized spacial score (nSPS) is 13.9. The molecule has 1 N–H and O–H groups in total. The van der Waals surface area contributed by atoms with Crippen molar-refractivity contribution >= 4 is 28.6 Å². The molecule has 5 heteroatoms. The van der Waals surface area contributed by atoms with Crippen LogP contribution in [0.4, 0.5) is 10.5 Å². The number of halogens is 1. The van der Waals surface area contributed by atoms with E-state index < -0.39 is 5.37 Å². The van der Waals surface area contributed by atoms with E-state index in [0.29, 0.717) is 13.0 Å². The summed E-state index contributed by atoms with van der Waals surface area (Å²) in [6.45, 7) is 0.382. The SMILES string of the molecule is CN1C(=O)Cc2cc(CNC(=O)Cl)ccc21. The Kier molecular flexibility index (Phi) is 2.83. The minimum atomic E-state index is -0.575. The number of rotatable bonds is 2. The van der Waals surface area contributed by atoms with Gasteiger partial charge in [-0.3, -0.25) is 9.59 Å². The predicted octanol–water partition coefficient (Wildman–Crippen LogP) is 1.65. The quantitative estimate of drug-likeness (QED) is 0.629. The standard InChI is InChI=1S/C11H11ClN2O2/c1-14-9-3-2-7(6-13-11(12)16)4-8(9)5-10(14)15/h2-4H,5-6H2,1H3,(H,13,16). The zero-order valence-electron chi connectivity index (χ0n) is 8.79. The third kappa shape index (κ3) is 2.02. The third-order valence-electron chi connectivity index (χ3n) is 2.65. The Morgan fingerprint density at radius 1 is 1.56 bits per heavy atom. The number of benzene rings is 1. The minimum absolute atomic E-state index is 0.0912. The molecular formula is C11H11ClN2O2. The molecule has 0 bridgehead atoms. The van der Waals surface area contributed by atoms with Crippen molar-refractivity contribution in [3.63, 3.8) is 0 Å². The molecule has 1 heterocycles. The van der Waals surface area contributed by atoms with Gasteiger partial charge in [0.15, 0.2) is 0 Å². The zero-order valence-corrected chi connectivity index (χ0v) is 9.54. The van der Waals surface area contributed by atoms with E-state index in [1.54, 1.807) is 11.9 Å². The Morgan fingerprint density at radius 3 is 3.00 bits per heavy atom. The molecule has 0 aliphatic carbocycles. The van der Waals surface area contributed by atoms with E-state index in [9.17, 15) is 9.59 Å². The molecule has 0 fully saturated rings. The summed E-state index contributed by atoms with van der Waals surface area (Å²) in [5.41, 5.74) is 2.87. The van der Waals surface area contributed by atoms with E-state index in [1.807, 2.05) is 18.2 Å². The van der Waals surface area contributed by atoms with Crippen LogP contribution in [0.15, 0.2) is 18.2 Å². The molecule has 2 amide bonds. The highest BCUT2D eigenvalue weighted by molar-refractivity contribution is 6.62. The lowest BCUT2D eigenvalue weighted by molar-refractivity contribution is -0.117. The highest BCUT2D eigenvalue weighted by atomic mass is 35.5. The second kappa shape index (κ2) is 4.14. The Bertz CT molecular complexity index is 459. The Hall–Kier alpha value is -1.55. The molecule has 1 aliphatic rings. The van der Waals surface area contributed by atoms with E-state index in [4.69, 9.17) is 11.6 Å². The first-order valence-electron chi connectivity index (χ1n) is 4.89. The number of nitrogens with zero attached hydrogens (tertiary/aromatic N) is 1. The fourth-order valence-corrected chi connectivity index (χ4v) is 1.87. The van der Waals surface area contributed by atoms with Crippen molar-refractivity contribution in [2.45, 2.75) is 13.0 Å². The number of hydrogen-bond acceptors (Lipinski definition) is 2. The van der Waals surface area contributed by atoms with Crippen LogP contribution < -0.4 is 10.2 Å². The number of likely N-dealkylation sites (N-methyl/N-ethyl adjacent to an activating group) is 1. The van der Waals surface area contributed by atoms with E-state index in [2.05, 4.69) is 5.32 Å². The Balaban J connectivity index is 2.18. The predicted molar refractivity (Wildman–Crippen MR) is 61.6 cm³/mol. The van der Waals surface area contributed by atoms with Gasteiger partial charge in [-0.2, -0.15) is 0 Å². The second-order valence-corrected chi connectivity index (χ2v) is 4.06. The molecule has 84 valence electrons. The topological polar surface area (TPSA) is 49.4 Å². The van der Waals surface area contributed by atoms with Crippen LogP contribution >= 0.6 is 11.6 Å². The van der Waals surface area contributed by atoms with E-state index in [-0.39, 0.29) is 5.91 Å².